The summed E-state index contributed by atoms with van der Waals surface area (Å²) in [4.78, 5) is 15.3. The molecule has 2 saturated heterocycles. The Labute approximate surface area is 188 Å². The topological polar surface area (TPSA) is 48.0 Å². The van der Waals surface area contributed by atoms with Crippen molar-refractivity contribution in [1.82, 2.24) is 4.90 Å². The Morgan fingerprint density at radius 3 is 2.45 bits per heavy atom. The molecule has 3 fully saturated rings. The van der Waals surface area contributed by atoms with E-state index < -0.39 is 0 Å². The molecule has 0 aromatic heterocycles. The number of ether oxygens (including phenoxy) is 1. The Balaban J connectivity index is 1.48. The minimum atomic E-state index is -0.293. The Bertz CT molecular complexity index is 767. The lowest BCUT2D eigenvalue weighted by Gasteiger charge is -2.42. The van der Waals surface area contributed by atoms with Crippen molar-refractivity contribution in [3.8, 4) is 0 Å². The number of likely N-dealkylation sites (tertiary alicyclic amines) is 1. The van der Waals surface area contributed by atoms with E-state index in [-0.39, 0.29) is 35.7 Å². The van der Waals surface area contributed by atoms with Crippen LogP contribution in [-0.4, -0.2) is 48.9 Å². The number of benzene rings is 1. The second-order valence-corrected chi connectivity index (χ2v) is 10.9. The number of hydrogen-bond donors (Lipinski definition) is 0. The predicted molar refractivity (Wildman–Crippen MR) is 123 cm³/mol. The van der Waals surface area contributed by atoms with Crippen LogP contribution in [0.4, 0.5) is 0 Å². The highest BCUT2D eigenvalue weighted by atomic mass is 16.7. The highest BCUT2D eigenvalue weighted by Gasteiger charge is 2.55. The molecule has 0 radical (unpaired) electrons. The molecule has 2 aliphatic heterocycles. The van der Waals surface area contributed by atoms with Crippen molar-refractivity contribution in [2.24, 2.45) is 11.3 Å². The molecule has 1 saturated carbocycles. The maximum absolute atomic E-state index is 13.0. The van der Waals surface area contributed by atoms with E-state index in [4.69, 9.17) is 14.0 Å². The lowest BCUT2D eigenvalue weighted by molar-refractivity contribution is -0.151. The second-order valence-electron chi connectivity index (χ2n) is 10.9. The summed E-state index contributed by atoms with van der Waals surface area (Å²) >= 11 is 0. The molecule has 1 spiro atoms. The number of rotatable bonds is 5. The zero-order valence-corrected chi connectivity index (χ0v) is 19.9. The van der Waals surface area contributed by atoms with Gasteiger partial charge < -0.3 is 14.0 Å². The quantitative estimate of drug-likeness (QED) is 0.504. The first-order valence-electron chi connectivity index (χ1n) is 11.9. The van der Waals surface area contributed by atoms with Gasteiger partial charge in [-0.2, -0.15) is 0 Å². The fourth-order valence-electron chi connectivity index (χ4n) is 6.05. The van der Waals surface area contributed by atoms with E-state index >= 15 is 0 Å². The predicted octanol–water partition coefficient (Wildman–Crippen LogP) is 4.70. The van der Waals surface area contributed by atoms with Crippen LogP contribution in [0.2, 0.25) is 6.32 Å². The Kier molecular flexibility index (Phi) is 6.28. The molecule has 5 nitrogen and oxygen atoms in total. The van der Waals surface area contributed by atoms with Crippen molar-refractivity contribution in [3.63, 3.8) is 0 Å². The number of esters is 1. The Morgan fingerprint density at radius 1 is 1.13 bits per heavy atom. The van der Waals surface area contributed by atoms with Crippen LogP contribution in [0, 0.1) is 11.3 Å². The van der Waals surface area contributed by atoms with Crippen LogP contribution in [-0.2, 0) is 25.4 Å². The zero-order chi connectivity index (χ0) is 22.3. The molecule has 4 rings (SSSR count). The monoisotopic (exact) mass is 427 g/mol. The molecule has 0 amide bonds. The van der Waals surface area contributed by atoms with E-state index in [0.717, 1.165) is 45.1 Å². The molecule has 0 N–H and O–H groups in total. The summed E-state index contributed by atoms with van der Waals surface area (Å²) in [7, 11) is 1.36. The van der Waals surface area contributed by atoms with Crippen molar-refractivity contribution < 1.29 is 18.8 Å². The van der Waals surface area contributed by atoms with Crippen LogP contribution in [0.1, 0.15) is 65.4 Å². The summed E-state index contributed by atoms with van der Waals surface area (Å²) in [6, 6.07) is 10.3. The number of methoxy groups -OCH3 is 1. The van der Waals surface area contributed by atoms with Gasteiger partial charge in [0.15, 0.2) is 0 Å². The van der Waals surface area contributed by atoms with E-state index in [1.54, 1.807) is 0 Å². The van der Waals surface area contributed by atoms with Gasteiger partial charge >= 0.3 is 13.1 Å². The van der Waals surface area contributed by atoms with Gasteiger partial charge in [-0.25, -0.2) is 0 Å². The van der Waals surface area contributed by atoms with Crippen LogP contribution in [0.25, 0.3) is 0 Å². The molecule has 6 heteroatoms. The molecule has 1 aromatic rings. The average Bonchev–Trinajstić information content (AvgIpc) is 3.14. The minimum Gasteiger partial charge on any atom is -0.468 e. The van der Waals surface area contributed by atoms with Crippen LogP contribution in [0.3, 0.4) is 0 Å². The number of carbonyl (C=O) groups excluding carboxylic acids is 1. The van der Waals surface area contributed by atoms with Crippen molar-refractivity contribution in [2.75, 3.05) is 13.7 Å². The fraction of sp³-hybridized carbons (Fsp3) is 0.720. The largest absolute Gasteiger partial charge is 0.468 e. The van der Waals surface area contributed by atoms with Crippen LogP contribution >= 0.6 is 0 Å². The van der Waals surface area contributed by atoms with Gasteiger partial charge in [-0.3, -0.25) is 9.69 Å². The number of hydrogen-bond acceptors (Lipinski definition) is 5. The fourth-order valence-corrected chi connectivity index (χ4v) is 6.05. The van der Waals surface area contributed by atoms with Gasteiger partial charge in [0.25, 0.3) is 0 Å². The van der Waals surface area contributed by atoms with E-state index in [9.17, 15) is 4.79 Å². The smallest absolute Gasteiger partial charge is 0.458 e. The van der Waals surface area contributed by atoms with Crippen molar-refractivity contribution in [3.05, 3.63) is 35.9 Å². The SMILES string of the molecule is COC(=O)C1N(Cc2ccccc2)CCC12CCCC(CB1OC(C)(C)C(C)(C)O1)C2. The maximum Gasteiger partial charge on any atom is 0.458 e. The van der Waals surface area contributed by atoms with E-state index in [2.05, 4.69) is 56.9 Å². The highest BCUT2D eigenvalue weighted by Crippen LogP contribution is 2.52. The van der Waals surface area contributed by atoms with Gasteiger partial charge in [0, 0.05) is 6.54 Å². The Morgan fingerprint density at radius 2 is 1.81 bits per heavy atom. The normalized spacial score (nSPS) is 32.5. The number of carbonyl (C=O) groups is 1. The summed E-state index contributed by atoms with van der Waals surface area (Å²) in [6.45, 7) is 10.2. The van der Waals surface area contributed by atoms with Crippen LogP contribution in [0.15, 0.2) is 30.3 Å². The third-order valence-electron chi connectivity index (χ3n) is 8.31. The first-order valence-corrected chi connectivity index (χ1v) is 11.9. The molecule has 3 aliphatic rings. The van der Waals surface area contributed by atoms with Gasteiger partial charge in [0.05, 0.1) is 18.3 Å². The summed E-state index contributed by atoms with van der Waals surface area (Å²) < 4.78 is 17.9. The highest BCUT2D eigenvalue weighted by molar-refractivity contribution is 6.45. The Hall–Kier alpha value is -1.37. The van der Waals surface area contributed by atoms with Crippen LogP contribution in [0.5, 0.6) is 0 Å². The summed E-state index contributed by atoms with van der Waals surface area (Å²) in [5.41, 5.74) is 0.656. The standard InChI is InChI=1S/C25H38BNO4/c1-23(2)24(3,4)31-26(30-23)17-20-12-9-13-25(16-20)14-15-27(21(25)22(28)29-5)18-19-10-7-6-8-11-19/h6-8,10-11,20-21H,9,12-18H2,1-5H3. The third kappa shape index (κ3) is 4.44. The summed E-state index contributed by atoms with van der Waals surface area (Å²) in [6.07, 6.45) is 6.43. The third-order valence-corrected chi connectivity index (χ3v) is 8.31. The van der Waals surface area contributed by atoms with Crippen molar-refractivity contribution in [1.29, 1.82) is 0 Å². The lowest BCUT2D eigenvalue weighted by Crippen LogP contribution is -2.48. The van der Waals surface area contributed by atoms with E-state index in [0.29, 0.717) is 5.92 Å². The maximum atomic E-state index is 13.0. The molecule has 3 atom stereocenters. The minimum absolute atomic E-state index is 0.00553. The van der Waals surface area contributed by atoms with Crippen molar-refractivity contribution >= 4 is 13.1 Å². The molecule has 1 aliphatic carbocycles. The van der Waals surface area contributed by atoms with E-state index in [1.165, 1.54) is 19.1 Å². The van der Waals surface area contributed by atoms with Gasteiger partial charge in [-0.05, 0) is 76.7 Å². The summed E-state index contributed by atoms with van der Waals surface area (Å²) in [5, 5.41) is 0. The molecule has 0 bridgehead atoms. The van der Waals surface area contributed by atoms with Gasteiger partial charge in [0.1, 0.15) is 6.04 Å². The van der Waals surface area contributed by atoms with Crippen LogP contribution < -0.4 is 0 Å². The average molecular weight is 427 g/mol. The van der Waals surface area contributed by atoms with Gasteiger partial charge in [-0.15, -0.1) is 0 Å². The first-order chi connectivity index (χ1) is 14.7. The van der Waals surface area contributed by atoms with Gasteiger partial charge in [0.2, 0.25) is 0 Å². The molecule has 2 heterocycles. The molecule has 1 aromatic carbocycles. The number of nitrogens with zero attached hydrogens (tertiary/aromatic N) is 1. The molecule has 170 valence electrons. The second kappa shape index (κ2) is 8.53. The molecule has 3 unspecified atom stereocenters. The lowest BCUT2D eigenvalue weighted by atomic mass is 9.61. The van der Waals surface area contributed by atoms with Gasteiger partial charge in [-0.1, -0.05) is 43.2 Å². The first kappa shape index (κ1) is 22.8. The van der Waals surface area contributed by atoms with E-state index in [1.807, 2.05) is 6.07 Å². The molecular weight excluding hydrogens is 389 g/mol. The molecule has 31 heavy (non-hydrogen) atoms. The summed E-state index contributed by atoms with van der Waals surface area (Å²) in [5.74, 6) is 0.428. The van der Waals surface area contributed by atoms with Crippen molar-refractivity contribution in [2.45, 2.75) is 89.9 Å². The molecular formula is C25H38BNO4. The zero-order valence-electron chi connectivity index (χ0n) is 19.9.